The lowest BCUT2D eigenvalue weighted by molar-refractivity contribution is 0.418. The second-order valence-corrected chi connectivity index (χ2v) is 7.85. The first-order valence-corrected chi connectivity index (χ1v) is 11.1. The lowest BCUT2D eigenvalue weighted by Gasteiger charge is -2.14. The predicted molar refractivity (Wildman–Crippen MR) is 133 cm³/mol. The largest absolute Gasteiger partial charge is 0.364 e. The fourth-order valence-corrected chi connectivity index (χ4v) is 3.96. The molecule has 35 heavy (non-hydrogen) atoms. The molecule has 0 atom stereocenters. The minimum Gasteiger partial charge on any atom is -0.364 e. The van der Waals surface area contributed by atoms with Crippen molar-refractivity contribution in [1.29, 1.82) is 0 Å². The molecular weight excluding hydrogens is 438 g/mol. The van der Waals surface area contributed by atoms with E-state index >= 15 is 0 Å². The van der Waals surface area contributed by atoms with Crippen LogP contribution in [-0.2, 0) is 6.54 Å². The van der Waals surface area contributed by atoms with E-state index < -0.39 is 0 Å². The summed E-state index contributed by atoms with van der Waals surface area (Å²) in [6, 6.07) is 24.1. The first-order chi connectivity index (χ1) is 17.3. The summed E-state index contributed by atoms with van der Waals surface area (Å²) in [6.07, 6.45) is 6.49. The second-order valence-electron chi connectivity index (χ2n) is 7.85. The Morgan fingerprint density at radius 2 is 1.60 bits per heavy atom. The Kier molecular flexibility index (Phi) is 5.36. The molecule has 0 aliphatic carbocycles. The number of hydrogen-bond acceptors (Lipinski definition) is 8. The van der Waals surface area contributed by atoms with Gasteiger partial charge in [0.2, 0.25) is 12.2 Å². The minimum absolute atomic E-state index is 0.458. The summed E-state index contributed by atoms with van der Waals surface area (Å²) in [7, 11) is 0. The third-order valence-corrected chi connectivity index (χ3v) is 5.59. The molecule has 0 fully saturated rings. The van der Waals surface area contributed by atoms with Gasteiger partial charge in [0, 0.05) is 29.7 Å². The van der Waals surface area contributed by atoms with Crippen molar-refractivity contribution in [3.05, 3.63) is 103 Å². The number of pyridine rings is 2. The van der Waals surface area contributed by atoms with Crippen LogP contribution in [0.4, 0.5) is 5.82 Å². The number of fused-ring (bicyclic) bond motifs is 1. The molecule has 8 heteroatoms. The van der Waals surface area contributed by atoms with Gasteiger partial charge in [0.05, 0.1) is 23.1 Å². The Bertz CT molecular complexity index is 1590. The summed E-state index contributed by atoms with van der Waals surface area (Å²) in [5.41, 5.74) is 5.36. The lowest BCUT2D eigenvalue weighted by Crippen LogP contribution is -2.06. The molecule has 6 rings (SSSR count). The van der Waals surface area contributed by atoms with Gasteiger partial charge in [-0.15, -0.1) is 0 Å². The predicted octanol–water partition coefficient (Wildman–Crippen LogP) is 5.42. The molecule has 0 unspecified atom stereocenters. The number of aromatic nitrogens is 6. The fourth-order valence-electron chi connectivity index (χ4n) is 3.96. The molecule has 0 radical (unpaired) electrons. The maximum atomic E-state index is 4.94. The van der Waals surface area contributed by atoms with Crippen molar-refractivity contribution in [2.45, 2.75) is 6.54 Å². The molecule has 2 aromatic carbocycles. The zero-order chi connectivity index (χ0) is 23.5. The van der Waals surface area contributed by atoms with Crippen LogP contribution in [0.15, 0.2) is 102 Å². The summed E-state index contributed by atoms with van der Waals surface area (Å²) < 4.78 is 4.88. The highest BCUT2D eigenvalue weighted by Gasteiger charge is 2.15. The van der Waals surface area contributed by atoms with E-state index in [1.54, 1.807) is 18.6 Å². The smallest absolute Gasteiger partial charge is 0.214 e. The summed E-state index contributed by atoms with van der Waals surface area (Å²) in [6.45, 7) is 0.524. The van der Waals surface area contributed by atoms with Gasteiger partial charge in [0.15, 0.2) is 5.82 Å². The quantitative estimate of drug-likeness (QED) is 0.354. The summed E-state index contributed by atoms with van der Waals surface area (Å²) >= 11 is 0. The molecule has 168 valence electrons. The molecule has 0 amide bonds. The number of benzene rings is 2. The van der Waals surface area contributed by atoms with Crippen molar-refractivity contribution in [3.8, 4) is 33.9 Å². The number of rotatable bonds is 6. The van der Waals surface area contributed by atoms with Crippen molar-refractivity contribution >= 4 is 16.7 Å². The van der Waals surface area contributed by atoms with Gasteiger partial charge in [-0.3, -0.25) is 9.97 Å². The molecule has 0 saturated carbocycles. The summed E-state index contributed by atoms with van der Waals surface area (Å²) in [5, 5.41) is 8.35. The topological polar surface area (TPSA) is 103 Å². The molecule has 0 aliphatic rings. The van der Waals surface area contributed by atoms with E-state index in [1.807, 2.05) is 54.6 Å². The number of anilines is 1. The van der Waals surface area contributed by atoms with Gasteiger partial charge in [-0.25, -0.2) is 9.97 Å². The average Bonchev–Trinajstić information content (AvgIpc) is 3.48. The maximum Gasteiger partial charge on any atom is 0.214 e. The van der Waals surface area contributed by atoms with Crippen molar-refractivity contribution in [2.24, 2.45) is 0 Å². The van der Waals surface area contributed by atoms with Crippen LogP contribution in [-0.4, -0.2) is 30.1 Å². The lowest BCUT2D eigenvalue weighted by atomic mass is 10.0. The Morgan fingerprint density at radius 1 is 0.743 bits per heavy atom. The number of nitrogens with zero attached hydrogens (tertiary/aromatic N) is 6. The molecule has 0 aliphatic heterocycles. The monoisotopic (exact) mass is 457 g/mol. The minimum atomic E-state index is 0.458. The van der Waals surface area contributed by atoms with Crippen LogP contribution in [0.25, 0.3) is 44.8 Å². The van der Waals surface area contributed by atoms with Gasteiger partial charge in [0.1, 0.15) is 5.82 Å². The van der Waals surface area contributed by atoms with E-state index in [9.17, 15) is 0 Å². The Balaban J connectivity index is 1.50. The molecule has 6 aromatic rings. The first-order valence-electron chi connectivity index (χ1n) is 11.1. The summed E-state index contributed by atoms with van der Waals surface area (Å²) in [4.78, 5) is 22.7. The normalized spacial score (nSPS) is 11.0. The van der Waals surface area contributed by atoms with Gasteiger partial charge >= 0.3 is 0 Å². The zero-order valence-electron chi connectivity index (χ0n) is 18.5. The van der Waals surface area contributed by atoms with Crippen LogP contribution in [0.3, 0.4) is 0 Å². The van der Waals surface area contributed by atoms with E-state index in [0.29, 0.717) is 18.2 Å². The highest BCUT2D eigenvalue weighted by atomic mass is 16.5. The fraction of sp³-hybridized carbons (Fsp3) is 0.0370. The maximum absolute atomic E-state index is 4.94. The highest BCUT2D eigenvalue weighted by molar-refractivity contribution is 6.02. The van der Waals surface area contributed by atoms with E-state index in [1.165, 1.54) is 6.39 Å². The van der Waals surface area contributed by atoms with Gasteiger partial charge in [-0.1, -0.05) is 53.7 Å². The third kappa shape index (κ3) is 4.20. The molecule has 1 N–H and O–H groups in total. The summed E-state index contributed by atoms with van der Waals surface area (Å²) in [5.74, 6) is 1.73. The average molecular weight is 457 g/mol. The van der Waals surface area contributed by atoms with E-state index in [2.05, 4.69) is 43.6 Å². The van der Waals surface area contributed by atoms with Crippen molar-refractivity contribution < 1.29 is 4.52 Å². The SMILES string of the molecule is c1ccc(-c2cccc3nc(-c4cncc(-c5ncon5)c4)nc(NCc4ccccn4)c23)cc1. The molecule has 0 bridgehead atoms. The molecular formula is C27H19N7O. The van der Waals surface area contributed by atoms with Crippen LogP contribution in [0, 0.1) is 0 Å². The zero-order valence-corrected chi connectivity index (χ0v) is 18.5. The Hall–Kier alpha value is -4.98. The number of nitrogens with one attached hydrogen (secondary N) is 1. The van der Waals surface area contributed by atoms with Crippen molar-refractivity contribution in [3.63, 3.8) is 0 Å². The van der Waals surface area contributed by atoms with E-state index in [0.717, 1.165) is 44.7 Å². The molecule has 0 spiro atoms. The van der Waals surface area contributed by atoms with Crippen LogP contribution in [0.1, 0.15) is 5.69 Å². The van der Waals surface area contributed by atoms with Crippen LogP contribution >= 0.6 is 0 Å². The Labute approximate surface area is 200 Å². The molecule has 8 nitrogen and oxygen atoms in total. The van der Waals surface area contributed by atoms with Gasteiger partial charge in [-0.05, 0) is 35.4 Å². The molecule has 4 heterocycles. The van der Waals surface area contributed by atoms with E-state index in [4.69, 9.17) is 14.5 Å². The van der Waals surface area contributed by atoms with Gasteiger partial charge in [-0.2, -0.15) is 4.98 Å². The Morgan fingerprint density at radius 3 is 2.40 bits per heavy atom. The van der Waals surface area contributed by atoms with Crippen LogP contribution in [0.2, 0.25) is 0 Å². The highest BCUT2D eigenvalue weighted by Crippen LogP contribution is 2.34. The van der Waals surface area contributed by atoms with Crippen molar-refractivity contribution in [2.75, 3.05) is 5.32 Å². The standard InChI is InChI=1S/C27H19N7O/c1-2-7-18(8-3-1)22-10-6-11-23-24(22)27(30-16-21-9-4-5-12-29-21)33-26(32-23)20-13-19(14-28-15-20)25-31-17-35-34-25/h1-15,17H,16H2,(H,30,32,33). The van der Waals surface area contributed by atoms with Crippen LogP contribution in [0.5, 0.6) is 0 Å². The van der Waals surface area contributed by atoms with E-state index in [-0.39, 0.29) is 0 Å². The van der Waals surface area contributed by atoms with Gasteiger partial charge < -0.3 is 9.84 Å². The van der Waals surface area contributed by atoms with Crippen LogP contribution < -0.4 is 5.32 Å². The first kappa shape index (κ1) is 20.6. The molecule has 0 saturated heterocycles. The van der Waals surface area contributed by atoms with Gasteiger partial charge in [0.25, 0.3) is 0 Å². The number of hydrogen-bond donors (Lipinski definition) is 1. The molecule has 4 aromatic heterocycles. The third-order valence-electron chi connectivity index (χ3n) is 5.59. The van der Waals surface area contributed by atoms with Crippen molar-refractivity contribution in [1.82, 2.24) is 30.1 Å². The second kappa shape index (κ2) is 9.11.